The first-order valence-corrected chi connectivity index (χ1v) is 13.5. The zero-order chi connectivity index (χ0) is 26.5. The number of nitrogens with zero attached hydrogens (tertiary/aromatic N) is 3. The number of fused-ring (bicyclic) bond motifs is 1. The van der Waals surface area contributed by atoms with Gasteiger partial charge < -0.3 is 30.5 Å². The van der Waals surface area contributed by atoms with Crippen LogP contribution in [0.15, 0.2) is 24.3 Å². The molecule has 0 saturated carbocycles. The summed E-state index contributed by atoms with van der Waals surface area (Å²) in [5, 5.41) is 9.79. The van der Waals surface area contributed by atoms with E-state index >= 15 is 0 Å². The maximum atomic E-state index is 13.2. The van der Waals surface area contributed by atoms with Crippen LogP contribution in [-0.2, 0) is 27.3 Å². The Hall–Kier alpha value is -2.35. The van der Waals surface area contributed by atoms with Crippen molar-refractivity contribution in [1.82, 2.24) is 25.4 Å². The van der Waals surface area contributed by atoms with Crippen molar-refractivity contribution < 1.29 is 19.1 Å². The number of carbonyl (C=O) groups excluding carboxylic acids is 3. The normalized spacial score (nSPS) is 19.1. The molecule has 2 aromatic rings. The van der Waals surface area contributed by atoms with E-state index in [4.69, 9.17) is 28.6 Å². The van der Waals surface area contributed by atoms with Gasteiger partial charge in [0.1, 0.15) is 6.61 Å². The first kappa shape index (κ1) is 30.2. The number of likely N-dealkylation sites (tertiary alicyclic amines) is 1. The molecule has 0 unspecified atom stereocenters. The molecule has 1 aromatic heterocycles. The van der Waals surface area contributed by atoms with E-state index in [-0.39, 0.29) is 48.4 Å². The van der Waals surface area contributed by atoms with E-state index < -0.39 is 11.9 Å². The zero-order valence-corrected chi connectivity index (χ0v) is 24.2. The molecule has 10 nitrogen and oxygen atoms in total. The number of methoxy groups -OCH3 is 1. The number of benzene rings is 1. The van der Waals surface area contributed by atoms with Crippen LogP contribution in [0.2, 0.25) is 5.02 Å². The van der Waals surface area contributed by atoms with Crippen LogP contribution in [0.3, 0.4) is 0 Å². The Morgan fingerprint density at radius 1 is 1.18 bits per heavy atom. The molecule has 38 heavy (non-hydrogen) atoms. The summed E-state index contributed by atoms with van der Waals surface area (Å²) in [5.41, 5.74) is 1.52. The van der Waals surface area contributed by atoms with Gasteiger partial charge in [0.05, 0.1) is 17.8 Å². The van der Waals surface area contributed by atoms with Crippen molar-refractivity contribution in [2.75, 3.05) is 45.7 Å². The van der Waals surface area contributed by atoms with Crippen LogP contribution in [-0.4, -0.2) is 90.0 Å². The van der Waals surface area contributed by atoms with Crippen molar-refractivity contribution in [3.63, 3.8) is 0 Å². The molecule has 4 rings (SSSR count). The molecule has 2 aliphatic heterocycles. The number of nitrogens with one attached hydrogen (secondary N) is 3. The summed E-state index contributed by atoms with van der Waals surface area (Å²) in [6.07, 6.45) is 1.29. The lowest BCUT2D eigenvalue weighted by molar-refractivity contribution is -0.136. The SMILES string of the molecule is COCC(=O)N1CC[C@H](NC(=S)C(=O)Nc2ccc(Cl)cc2)[C@H](NC(=O)c2nc3c(s2)CN(C)CC3)C1.Cl. The smallest absolute Gasteiger partial charge is 0.283 e. The van der Waals surface area contributed by atoms with E-state index in [1.165, 1.54) is 18.4 Å². The van der Waals surface area contributed by atoms with E-state index in [9.17, 15) is 14.4 Å². The highest BCUT2D eigenvalue weighted by Crippen LogP contribution is 2.25. The highest BCUT2D eigenvalue weighted by Gasteiger charge is 2.34. The molecule has 206 valence electrons. The van der Waals surface area contributed by atoms with Crippen LogP contribution in [0.1, 0.15) is 26.8 Å². The van der Waals surface area contributed by atoms with Gasteiger partial charge in [-0.05, 0) is 37.7 Å². The first-order valence-electron chi connectivity index (χ1n) is 11.9. The number of aromatic nitrogens is 1. The molecule has 1 saturated heterocycles. The average molecular weight is 602 g/mol. The number of piperidine rings is 1. The van der Waals surface area contributed by atoms with Gasteiger partial charge in [-0.1, -0.05) is 23.8 Å². The minimum absolute atomic E-state index is 0. The molecular formula is C24H30Cl2N6O4S2. The predicted octanol–water partition coefficient (Wildman–Crippen LogP) is 2.11. The number of hydrogen-bond acceptors (Lipinski definition) is 8. The molecule has 3 N–H and O–H groups in total. The molecule has 3 amide bonds. The molecule has 2 atom stereocenters. The van der Waals surface area contributed by atoms with Gasteiger partial charge in [-0.2, -0.15) is 0 Å². The van der Waals surface area contributed by atoms with Crippen molar-refractivity contribution in [3.05, 3.63) is 44.9 Å². The van der Waals surface area contributed by atoms with Crippen LogP contribution in [0.25, 0.3) is 0 Å². The fourth-order valence-corrected chi connectivity index (χ4v) is 5.74. The molecule has 0 radical (unpaired) electrons. The number of carbonyl (C=O) groups is 3. The molecular weight excluding hydrogens is 571 g/mol. The number of hydrogen-bond donors (Lipinski definition) is 3. The summed E-state index contributed by atoms with van der Waals surface area (Å²) in [6.45, 7) is 2.31. The Morgan fingerprint density at radius 2 is 1.92 bits per heavy atom. The third kappa shape index (κ3) is 7.61. The monoisotopic (exact) mass is 600 g/mol. The van der Waals surface area contributed by atoms with Gasteiger partial charge in [0.2, 0.25) is 5.91 Å². The third-order valence-electron chi connectivity index (χ3n) is 6.29. The van der Waals surface area contributed by atoms with Crippen molar-refractivity contribution in [3.8, 4) is 0 Å². The number of thiazole rings is 1. The van der Waals surface area contributed by atoms with E-state index in [1.807, 2.05) is 7.05 Å². The van der Waals surface area contributed by atoms with Crippen molar-refractivity contribution in [2.45, 2.75) is 31.5 Å². The standard InChI is InChI=1S/C24H29ClN6O4S2.ClH/c1-30-9-7-17-19(12-30)37-24(29-17)22(34)27-18-11-31(20(32)13-35-2)10-8-16(18)28-23(36)21(33)26-15-5-3-14(25)4-6-15;/h3-6,16,18H,7-13H2,1-2H3,(H,26,33)(H,27,34)(H,28,36);1H/t16-,18+;/m0./s1. The Morgan fingerprint density at radius 3 is 2.63 bits per heavy atom. The van der Waals surface area contributed by atoms with Gasteiger partial charge >= 0.3 is 0 Å². The summed E-state index contributed by atoms with van der Waals surface area (Å²) in [5.74, 6) is -0.954. The Bertz CT molecular complexity index is 1180. The largest absolute Gasteiger partial charge is 0.375 e. The lowest BCUT2D eigenvalue weighted by Crippen LogP contribution is -2.62. The first-order chi connectivity index (χ1) is 17.7. The van der Waals surface area contributed by atoms with E-state index in [1.54, 1.807) is 29.2 Å². The van der Waals surface area contributed by atoms with Crippen LogP contribution < -0.4 is 16.0 Å². The topological polar surface area (TPSA) is 116 Å². The quantitative estimate of drug-likeness (QED) is 0.432. The van der Waals surface area contributed by atoms with Crippen LogP contribution in [0, 0.1) is 0 Å². The molecule has 0 bridgehead atoms. The number of anilines is 1. The van der Waals surface area contributed by atoms with Crippen molar-refractivity contribution >= 4 is 76.0 Å². The Balaban J connectivity index is 0.00000400. The van der Waals surface area contributed by atoms with Gasteiger partial charge in [-0.25, -0.2) is 4.98 Å². The second kappa shape index (κ2) is 13.6. The van der Waals surface area contributed by atoms with E-state index in [0.29, 0.717) is 28.7 Å². The van der Waals surface area contributed by atoms with Crippen molar-refractivity contribution in [1.29, 1.82) is 0 Å². The van der Waals surface area contributed by atoms with Gasteiger partial charge in [0.15, 0.2) is 10.00 Å². The Kier molecular flexibility index (Phi) is 10.8. The van der Waals surface area contributed by atoms with E-state index in [2.05, 4.69) is 25.8 Å². The summed E-state index contributed by atoms with van der Waals surface area (Å²) >= 11 is 12.6. The van der Waals surface area contributed by atoms with Crippen molar-refractivity contribution in [2.24, 2.45) is 0 Å². The predicted molar refractivity (Wildman–Crippen MR) is 153 cm³/mol. The number of thiocarbonyl (C=S) groups is 1. The molecule has 0 spiro atoms. The third-order valence-corrected chi connectivity index (χ3v) is 7.93. The number of rotatable bonds is 6. The zero-order valence-electron chi connectivity index (χ0n) is 21.0. The fraction of sp³-hybridized carbons (Fsp3) is 0.458. The van der Waals surface area contributed by atoms with Crippen LogP contribution >= 0.6 is 47.6 Å². The number of halogens is 2. The molecule has 0 aliphatic carbocycles. The summed E-state index contributed by atoms with van der Waals surface area (Å²) in [6, 6.07) is 5.83. The highest BCUT2D eigenvalue weighted by molar-refractivity contribution is 7.82. The maximum Gasteiger partial charge on any atom is 0.283 e. The van der Waals surface area contributed by atoms with Gasteiger partial charge in [-0.3, -0.25) is 14.4 Å². The summed E-state index contributed by atoms with van der Waals surface area (Å²) in [4.78, 5) is 47.8. The number of amides is 3. The van der Waals surface area contributed by atoms with Gasteiger partial charge in [0, 0.05) is 55.3 Å². The average Bonchev–Trinajstić information content (AvgIpc) is 3.30. The van der Waals surface area contributed by atoms with Crippen LogP contribution in [0.5, 0.6) is 0 Å². The molecule has 1 fully saturated rings. The number of likely N-dealkylation sites (N-methyl/N-ethyl adjacent to an activating group) is 1. The molecule has 14 heteroatoms. The fourth-order valence-electron chi connectivity index (χ4n) is 4.32. The highest BCUT2D eigenvalue weighted by atomic mass is 35.5. The van der Waals surface area contributed by atoms with Crippen LogP contribution in [0.4, 0.5) is 5.69 Å². The van der Waals surface area contributed by atoms with Gasteiger partial charge in [-0.15, -0.1) is 23.7 Å². The molecule has 1 aromatic carbocycles. The lowest BCUT2D eigenvalue weighted by Gasteiger charge is -2.39. The second-order valence-electron chi connectivity index (χ2n) is 9.06. The minimum Gasteiger partial charge on any atom is -0.375 e. The second-order valence-corrected chi connectivity index (χ2v) is 11.0. The number of ether oxygens (including phenoxy) is 1. The lowest BCUT2D eigenvalue weighted by atomic mass is 9.98. The summed E-state index contributed by atoms with van der Waals surface area (Å²) < 4.78 is 5.00. The minimum atomic E-state index is -0.494. The maximum absolute atomic E-state index is 13.2. The molecule has 3 heterocycles. The molecule has 2 aliphatic rings. The van der Waals surface area contributed by atoms with E-state index in [0.717, 1.165) is 30.1 Å². The van der Waals surface area contributed by atoms with Gasteiger partial charge in [0.25, 0.3) is 11.8 Å². The Labute approximate surface area is 241 Å². The summed E-state index contributed by atoms with van der Waals surface area (Å²) in [7, 11) is 3.50.